The molecule has 78 valence electrons. The van der Waals surface area contributed by atoms with Crippen LogP contribution >= 0.6 is 0 Å². The van der Waals surface area contributed by atoms with Crippen LogP contribution in [0.25, 0.3) is 0 Å². The Bertz CT molecular complexity index is 242. The van der Waals surface area contributed by atoms with Crippen LogP contribution in [0.4, 0.5) is 0 Å². The quantitative estimate of drug-likeness (QED) is 0.526. The number of unbranched alkanes of at least 4 members (excludes halogenated alkanes) is 2. The lowest BCUT2D eigenvalue weighted by molar-refractivity contribution is 0.178. The SMILES string of the molecule is CCCCC#C/C=C1/CCCCC1O. The lowest BCUT2D eigenvalue weighted by atomic mass is 9.92. The number of hydrogen-bond donors (Lipinski definition) is 1. The number of aliphatic hydroxyl groups excluding tert-OH is 1. The van der Waals surface area contributed by atoms with Gasteiger partial charge in [0.1, 0.15) is 0 Å². The molecular formula is C13H20O. The second-order valence-corrected chi connectivity index (χ2v) is 3.91. The third-order valence-electron chi connectivity index (χ3n) is 2.64. The maximum atomic E-state index is 9.64. The minimum atomic E-state index is -0.218. The van der Waals surface area contributed by atoms with Gasteiger partial charge in [0.25, 0.3) is 0 Å². The van der Waals surface area contributed by atoms with Gasteiger partial charge in [-0.2, -0.15) is 0 Å². The van der Waals surface area contributed by atoms with Crippen molar-refractivity contribution >= 4 is 0 Å². The Morgan fingerprint density at radius 2 is 2.36 bits per heavy atom. The molecule has 1 N–H and O–H groups in total. The Hall–Kier alpha value is -0.740. The van der Waals surface area contributed by atoms with Gasteiger partial charge < -0.3 is 5.11 Å². The maximum absolute atomic E-state index is 9.64. The molecule has 0 spiro atoms. The van der Waals surface area contributed by atoms with Crippen molar-refractivity contribution in [2.45, 2.75) is 58.0 Å². The number of aliphatic hydroxyl groups is 1. The van der Waals surface area contributed by atoms with E-state index in [1.165, 1.54) is 19.3 Å². The molecule has 0 aromatic rings. The highest BCUT2D eigenvalue weighted by atomic mass is 16.3. The monoisotopic (exact) mass is 192 g/mol. The second-order valence-electron chi connectivity index (χ2n) is 3.91. The lowest BCUT2D eigenvalue weighted by Crippen LogP contribution is -2.14. The van der Waals surface area contributed by atoms with Gasteiger partial charge in [-0.05, 0) is 37.3 Å². The molecule has 0 bridgehead atoms. The molecule has 1 atom stereocenters. The summed E-state index contributed by atoms with van der Waals surface area (Å²) in [5.41, 5.74) is 1.14. The Morgan fingerprint density at radius 1 is 1.50 bits per heavy atom. The summed E-state index contributed by atoms with van der Waals surface area (Å²) in [5.74, 6) is 6.16. The van der Waals surface area contributed by atoms with Crippen molar-refractivity contribution in [3.05, 3.63) is 11.6 Å². The zero-order chi connectivity index (χ0) is 10.2. The Labute approximate surface area is 87.2 Å². The molecular weight excluding hydrogens is 172 g/mol. The predicted octanol–water partition coefficient (Wildman–Crippen LogP) is 3.04. The maximum Gasteiger partial charge on any atom is 0.0759 e. The average Bonchev–Trinajstić information content (AvgIpc) is 2.20. The van der Waals surface area contributed by atoms with E-state index in [-0.39, 0.29) is 6.10 Å². The minimum absolute atomic E-state index is 0.218. The van der Waals surface area contributed by atoms with Crippen LogP contribution < -0.4 is 0 Å². The van der Waals surface area contributed by atoms with Crippen molar-refractivity contribution in [1.82, 2.24) is 0 Å². The van der Waals surface area contributed by atoms with Gasteiger partial charge in [0.15, 0.2) is 0 Å². The van der Waals surface area contributed by atoms with Crippen LogP contribution in [0.1, 0.15) is 51.9 Å². The molecule has 1 heteroatoms. The lowest BCUT2D eigenvalue weighted by Gasteiger charge is -2.19. The van der Waals surface area contributed by atoms with E-state index in [4.69, 9.17) is 0 Å². The molecule has 0 amide bonds. The van der Waals surface area contributed by atoms with Gasteiger partial charge >= 0.3 is 0 Å². The van der Waals surface area contributed by atoms with Crippen molar-refractivity contribution in [1.29, 1.82) is 0 Å². The van der Waals surface area contributed by atoms with Crippen molar-refractivity contribution < 1.29 is 5.11 Å². The molecule has 14 heavy (non-hydrogen) atoms. The van der Waals surface area contributed by atoms with Crippen molar-refractivity contribution in [2.24, 2.45) is 0 Å². The van der Waals surface area contributed by atoms with Crippen LogP contribution in [0.5, 0.6) is 0 Å². The average molecular weight is 192 g/mol. The topological polar surface area (TPSA) is 20.2 Å². The standard InChI is InChI=1S/C13H20O/c1-2-3-4-5-6-9-12-10-7-8-11-13(12)14/h9,13-14H,2-4,7-8,10-11H2,1H3/b12-9-. The van der Waals surface area contributed by atoms with E-state index in [9.17, 15) is 5.11 Å². The fourth-order valence-electron chi connectivity index (χ4n) is 1.67. The first-order chi connectivity index (χ1) is 6.84. The summed E-state index contributed by atoms with van der Waals surface area (Å²) in [6.45, 7) is 2.17. The second kappa shape index (κ2) is 6.68. The molecule has 1 saturated carbocycles. The summed E-state index contributed by atoms with van der Waals surface area (Å²) in [5, 5.41) is 9.64. The van der Waals surface area contributed by atoms with E-state index in [2.05, 4.69) is 18.8 Å². The number of allylic oxidation sites excluding steroid dienone is 1. The molecule has 1 nitrogen and oxygen atoms in total. The Morgan fingerprint density at radius 3 is 3.07 bits per heavy atom. The molecule has 0 saturated heterocycles. The highest BCUT2D eigenvalue weighted by Gasteiger charge is 2.14. The van der Waals surface area contributed by atoms with Crippen LogP contribution in [0, 0.1) is 11.8 Å². The molecule has 0 aliphatic heterocycles. The zero-order valence-corrected chi connectivity index (χ0v) is 9.05. The van der Waals surface area contributed by atoms with Gasteiger partial charge in [-0.25, -0.2) is 0 Å². The van der Waals surface area contributed by atoms with Crippen molar-refractivity contribution in [2.75, 3.05) is 0 Å². The first-order valence-corrected chi connectivity index (χ1v) is 5.70. The molecule has 1 aliphatic carbocycles. The van der Waals surface area contributed by atoms with Gasteiger partial charge in [-0.15, -0.1) is 0 Å². The van der Waals surface area contributed by atoms with Gasteiger partial charge in [0.05, 0.1) is 6.10 Å². The van der Waals surface area contributed by atoms with Crippen molar-refractivity contribution in [3.8, 4) is 11.8 Å². The zero-order valence-electron chi connectivity index (χ0n) is 9.05. The first-order valence-electron chi connectivity index (χ1n) is 5.70. The fraction of sp³-hybridized carbons (Fsp3) is 0.692. The van der Waals surface area contributed by atoms with Crippen LogP contribution in [0.15, 0.2) is 11.6 Å². The molecule has 0 radical (unpaired) electrons. The fourth-order valence-corrected chi connectivity index (χ4v) is 1.67. The normalized spacial score (nSPS) is 24.4. The van der Waals surface area contributed by atoms with E-state index in [1.807, 2.05) is 6.08 Å². The number of hydrogen-bond acceptors (Lipinski definition) is 1. The summed E-state index contributed by atoms with van der Waals surface area (Å²) < 4.78 is 0. The van der Waals surface area contributed by atoms with E-state index in [0.29, 0.717) is 0 Å². The largest absolute Gasteiger partial charge is 0.389 e. The smallest absolute Gasteiger partial charge is 0.0759 e. The summed E-state index contributed by atoms with van der Waals surface area (Å²) in [6.07, 6.45) is 9.39. The summed E-state index contributed by atoms with van der Waals surface area (Å²) >= 11 is 0. The van der Waals surface area contributed by atoms with Crippen LogP contribution in [-0.4, -0.2) is 11.2 Å². The van der Waals surface area contributed by atoms with E-state index >= 15 is 0 Å². The molecule has 1 aliphatic rings. The van der Waals surface area contributed by atoms with Crippen LogP contribution in [0.3, 0.4) is 0 Å². The van der Waals surface area contributed by atoms with Crippen LogP contribution in [-0.2, 0) is 0 Å². The van der Waals surface area contributed by atoms with Gasteiger partial charge in [0.2, 0.25) is 0 Å². The Balaban J connectivity index is 2.36. The Kier molecular flexibility index (Phi) is 5.40. The van der Waals surface area contributed by atoms with Gasteiger partial charge in [0, 0.05) is 6.42 Å². The molecule has 1 fully saturated rings. The summed E-state index contributed by atoms with van der Waals surface area (Å²) in [6, 6.07) is 0. The van der Waals surface area contributed by atoms with Crippen molar-refractivity contribution in [3.63, 3.8) is 0 Å². The molecule has 0 aromatic carbocycles. The molecule has 1 rings (SSSR count). The van der Waals surface area contributed by atoms with E-state index < -0.39 is 0 Å². The summed E-state index contributed by atoms with van der Waals surface area (Å²) in [4.78, 5) is 0. The number of rotatable bonds is 2. The minimum Gasteiger partial charge on any atom is -0.389 e. The van der Waals surface area contributed by atoms with Crippen LogP contribution in [0.2, 0.25) is 0 Å². The summed E-state index contributed by atoms with van der Waals surface area (Å²) in [7, 11) is 0. The first kappa shape index (κ1) is 11.3. The molecule has 1 unspecified atom stereocenters. The molecule has 0 aromatic heterocycles. The highest BCUT2D eigenvalue weighted by molar-refractivity contribution is 5.24. The van der Waals surface area contributed by atoms with Gasteiger partial charge in [-0.3, -0.25) is 0 Å². The predicted molar refractivity (Wildman–Crippen MR) is 59.9 cm³/mol. The van der Waals surface area contributed by atoms with Gasteiger partial charge in [-0.1, -0.05) is 31.6 Å². The third kappa shape index (κ3) is 3.98. The van der Waals surface area contributed by atoms with E-state index in [0.717, 1.165) is 31.3 Å². The highest BCUT2D eigenvalue weighted by Crippen LogP contribution is 2.22. The third-order valence-corrected chi connectivity index (χ3v) is 2.64. The van der Waals surface area contributed by atoms with E-state index in [1.54, 1.807) is 0 Å². The molecule has 0 heterocycles.